The van der Waals surface area contributed by atoms with E-state index in [1.54, 1.807) is 23.1 Å². The number of aliphatic hydroxyl groups excluding tert-OH is 1. The van der Waals surface area contributed by atoms with E-state index in [4.69, 9.17) is 0 Å². The van der Waals surface area contributed by atoms with Crippen molar-refractivity contribution < 1.29 is 19.1 Å². The fraction of sp³-hybridized carbons (Fsp3) is 0.333. The molecule has 1 aliphatic rings. The van der Waals surface area contributed by atoms with Crippen LogP contribution in [0.3, 0.4) is 0 Å². The smallest absolute Gasteiger partial charge is 0.220 e. The molecule has 0 aliphatic carbocycles. The van der Waals surface area contributed by atoms with Crippen LogP contribution in [-0.4, -0.2) is 47.1 Å². The molecular weight excluding hydrogens is 347 g/mol. The lowest BCUT2D eigenvalue weighted by Gasteiger charge is -2.54. The molecule has 1 fully saturated rings. The Balaban J connectivity index is 1.87. The number of likely N-dealkylation sites (tertiary alicyclic amines) is 1. The summed E-state index contributed by atoms with van der Waals surface area (Å²) in [4.78, 5) is 24.9. The van der Waals surface area contributed by atoms with Crippen LogP contribution >= 0.6 is 0 Å². The molecule has 0 saturated carbocycles. The van der Waals surface area contributed by atoms with Crippen molar-refractivity contribution in [3.8, 4) is 11.1 Å². The van der Waals surface area contributed by atoms with Crippen LogP contribution in [0.1, 0.15) is 25.3 Å². The number of nitrogens with one attached hydrogen (secondary N) is 1. The van der Waals surface area contributed by atoms with Gasteiger partial charge in [0.25, 0.3) is 0 Å². The number of hydrogen-bond acceptors (Lipinski definition) is 3. The molecule has 0 radical (unpaired) electrons. The van der Waals surface area contributed by atoms with E-state index in [2.05, 4.69) is 5.32 Å². The largest absolute Gasteiger partial charge is 0.394 e. The second-order valence-electron chi connectivity index (χ2n) is 6.81. The van der Waals surface area contributed by atoms with Gasteiger partial charge in [0.2, 0.25) is 11.8 Å². The van der Waals surface area contributed by atoms with Crippen molar-refractivity contribution in [2.45, 2.75) is 31.8 Å². The lowest BCUT2D eigenvalue weighted by molar-refractivity contribution is -0.148. The second kappa shape index (κ2) is 7.88. The Morgan fingerprint density at radius 1 is 1.07 bits per heavy atom. The van der Waals surface area contributed by atoms with E-state index in [9.17, 15) is 19.1 Å². The summed E-state index contributed by atoms with van der Waals surface area (Å²) in [6.45, 7) is 3.06. The average Bonchev–Trinajstić information content (AvgIpc) is 2.61. The molecule has 2 N–H and O–H groups in total. The van der Waals surface area contributed by atoms with Gasteiger partial charge >= 0.3 is 0 Å². The standard InChI is InChI=1S/C21H23FN2O3/c1-13(26)23-11-19-21(20(12-25)24(19)14(2)27)16-9-7-15(8-10-16)17-5-3-4-6-18(17)22/h3-10,19-21,25H,11-12H2,1-2H3,(H,23,26)/t19-,20-,21-/m0/s1. The number of carbonyl (C=O) groups excluding carboxylic acids is 2. The predicted octanol–water partition coefficient (Wildman–Crippen LogP) is 2.30. The molecule has 6 heteroatoms. The van der Waals surface area contributed by atoms with Gasteiger partial charge in [-0.1, -0.05) is 42.5 Å². The zero-order chi connectivity index (χ0) is 19.6. The Morgan fingerprint density at radius 3 is 2.30 bits per heavy atom. The minimum absolute atomic E-state index is 0.0968. The first-order chi connectivity index (χ1) is 12.9. The zero-order valence-electron chi connectivity index (χ0n) is 15.4. The van der Waals surface area contributed by atoms with Crippen molar-refractivity contribution in [2.75, 3.05) is 13.2 Å². The molecule has 0 spiro atoms. The molecule has 1 heterocycles. The number of rotatable bonds is 5. The van der Waals surface area contributed by atoms with Gasteiger partial charge in [-0.25, -0.2) is 4.39 Å². The third-order valence-corrected chi connectivity index (χ3v) is 5.13. The first kappa shape index (κ1) is 19.0. The molecule has 2 aromatic carbocycles. The van der Waals surface area contributed by atoms with Crippen molar-refractivity contribution in [1.29, 1.82) is 0 Å². The van der Waals surface area contributed by atoms with Crippen LogP contribution < -0.4 is 5.32 Å². The number of amides is 2. The molecular formula is C21H23FN2O3. The first-order valence-electron chi connectivity index (χ1n) is 8.93. The van der Waals surface area contributed by atoms with E-state index in [0.717, 1.165) is 11.1 Å². The van der Waals surface area contributed by atoms with Crippen LogP contribution in [0.5, 0.6) is 0 Å². The third kappa shape index (κ3) is 3.71. The first-order valence-corrected chi connectivity index (χ1v) is 8.93. The van der Waals surface area contributed by atoms with Crippen LogP contribution in [0.25, 0.3) is 11.1 Å². The SMILES string of the molecule is CC(=O)NC[C@H]1[C@H](c2ccc(-c3ccccc3F)cc2)[C@H](CO)N1C(C)=O. The maximum Gasteiger partial charge on any atom is 0.220 e. The van der Waals surface area contributed by atoms with E-state index in [-0.39, 0.29) is 42.2 Å². The normalized spacial score (nSPS) is 21.5. The Kier molecular flexibility index (Phi) is 5.56. The summed E-state index contributed by atoms with van der Waals surface area (Å²) in [5.74, 6) is -0.683. The summed E-state index contributed by atoms with van der Waals surface area (Å²) >= 11 is 0. The number of carbonyl (C=O) groups is 2. The minimum Gasteiger partial charge on any atom is -0.394 e. The van der Waals surface area contributed by atoms with Gasteiger partial charge in [-0.3, -0.25) is 9.59 Å². The molecule has 1 saturated heterocycles. The Labute approximate surface area is 157 Å². The quantitative estimate of drug-likeness (QED) is 0.849. The number of hydrogen-bond donors (Lipinski definition) is 2. The van der Waals surface area contributed by atoms with Gasteiger partial charge in [0.1, 0.15) is 5.82 Å². The van der Waals surface area contributed by atoms with E-state index < -0.39 is 0 Å². The molecule has 2 amide bonds. The molecule has 2 aromatic rings. The van der Waals surface area contributed by atoms with Gasteiger partial charge in [0.05, 0.1) is 18.7 Å². The van der Waals surface area contributed by atoms with Gasteiger partial charge in [-0.05, 0) is 17.2 Å². The molecule has 0 unspecified atom stereocenters. The van der Waals surface area contributed by atoms with Gasteiger partial charge in [-0.2, -0.15) is 0 Å². The molecule has 0 aromatic heterocycles. The minimum atomic E-state index is -0.333. The maximum atomic E-state index is 14.0. The van der Waals surface area contributed by atoms with Crippen LogP contribution in [-0.2, 0) is 9.59 Å². The van der Waals surface area contributed by atoms with Crippen molar-refractivity contribution in [1.82, 2.24) is 10.2 Å². The monoisotopic (exact) mass is 370 g/mol. The van der Waals surface area contributed by atoms with E-state index in [1.807, 2.05) is 24.3 Å². The summed E-state index contributed by atoms with van der Waals surface area (Å²) in [5.41, 5.74) is 2.23. The van der Waals surface area contributed by atoms with Crippen LogP contribution in [0.4, 0.5) is 4.39 Å². The lowest BCUT2D eigenvalue weighted by Crippen LogP contribution is -2.68. The summed E-state index contributed by atoms with van der Waals surface area (Å²) in [7, 11) is 0. The lowest BCUT2D eigenvalue weighted by atomic mass is 9.74. The molecule has 3 rings (SSSR count). The summed E-state index contributed by atoms with van der Waals surface area (Å²) < 4.78 is 14.0. The fourth-order valence-electron chi connectivity index (χ4n) is 3.91. The van der Waals surface area contributed by atoms with Gasteiger partial charge < -0.3 is 15.3 Å². The van der Waals surface area contributed by atoms with Crippen molar-refractivity contribution in [3.05, 3.63) is 59.9 Å². The summed E-state index contributed by atoms with van der Waals surface area (Å²) in [5, 5.41) is 12.5. The maximum absolute atomic E-state index is 14.0. The highest BCUT2D eigenvalue weighted by Crippen LogP contribution is 2.41. The van der Waals surface area contributed by atoms with Crippen molar-refractivity contribution in [2.24, 2.45) is 0 Å². The van der Waals surface area contributed by atoms with Crippen molar-refractivity contribution in [3.63, 3.8) is 0 Å². The molecule has 142 valence electrons. The number of halogens is 1. The van der Waals surface area contributed by atoms with E-state index >= 15 is 0 Å². The molecule has 0 bridgehead atoms. The third-order valence-electron chi connectivity index (χ3n) is 5.13. The van der Waals surface area contributed by atoms with Crippen LogP contribution in [0.15, 0.2) is 48.5 Å². The topological polar surface area (TPSA) is 69.6 Å². The Morgan fingerprint density at radius 2 is 1.74 bits per heavy atom. The Bertz CT molecular complexity index is 838. The summed E-state index contributed by atoms with van der Waals surface area (Å²) in [6, 6.07) is 13.5. The van der Waals surface area contributed by atoms with E-state index in [1.165, 1.54) is 19.9 Å². The number of benzene rings is 2. The molecule has 5 nitrogen and oxygen atoms in total. The van der Waals surface area contributed by atoms with Crippen molar-refractivity contribution >= 4 is 11.8 Å². The van der Waals surface area contributed by atoms with E-state index in [0.29, 0.717) is 12.1 Å². The number of nitrogens with zero attached hydrogens (tertiary/aromatic N) is 1. The van der Waals surface area contributed by atoms with Crippen LogP contribution in [0.2, 0.25) is 0 Å². The van der Waals surface area contributed by atoms with Gasteiger partial charge in [0, 0.05) is 31.9 Å². The molecule has 27 heavy (non-hydrogen) atoms. The highest BCUT2D eigenvalue weighted by atomic mass is 19.1. The highest BCUT2D eigenvalue weighted by molar-refractivity contribution is 5.77. The van der Waals surface area contributed by atoms with Crippen LogP contribution in [0, 0.1) is 5.82 Å². The zero-order valence-corrected chi connectivity index (χ0v) is 15.4. The predicted molar refractivity (Wildman–Crippen MR) is 100 cm³/mol. The Hall–Kier alpha value is -2.73. The fourth-order valence-corrected chi connectivity index (χ4v) is 3.91. The molecule has 3 atom stereocenters. The number of aliphatic hydroxyl groups is 1. The highest BCUT2D eigenvalue weighted by Gasteiger charge is 2.49. The van der Waals surface area contributed by atoms with Gasteiger partial charge in [-0.15, -0.1) is 0 Å². The average molecular weight is 370 g/mol. The van der Waals surface area contributed by atoms with Gasteiger partial charge in [0.15, 0.2) is 0 Å². The summed E-state index contributed by atoms with van der Waals surface area (Å²) in [6.07, 6.45) is 0. The molecule has 1 aliphatic heterocycles. The second-order valence-corrected chi connectivity index (χ2v) is 6.81.